The molecule has 0 aliphatic carbocycles. The van der Waals surface area contributed by atoms with Crippen LogP contribution in [0.4, 0.5) is 5.82 Å². The van der Waals surface area contributed by atoms with Gasteiger partial charge in [-0.25, -0.2) is 9.97 Å². The van der Waals surface area contributed by atoms with Gasteiger partial charge in [0.2, 0.25) is 0 Å². The third kappa shape index (κ3) is 4.24. The Bertz CT molecular complexity index is 372. The molecule has 1 rings (SSSR count). The number of hydrogen-bond donors (Lipinski definition) is 2. The van der Waals surface area contributed by atoms with E-state index in [1.807, 2.05) is 11.9 Å². The van der Waals surface area contributed by atoms with Crippen molar-refractivity contribution in [2.24, 2.45) is 5.73 Å². The highest BCUT2D eigenvalue weighted by Gasteiger charge is 2.11. The van der Waals surface area contributed by atoms with Gasteiger partial charge in [-0.1, -0.05) is 12.2 Å². The van der Waals surface area contributed by atoms with Crippen LogP contribution in [0.5, 0.6) is 0 Å². The predicted octanol–water partition coefficient (Wildman–Crippen LogP) is 0.710. The summed E-state index contributed by atoms with van der Waals surface area (Å²) in [7, 11) is 1.94. The van der Waals surface area contributed by atoms with Crippen LogP contribution in [0.2, 0.25) is 0 Å². The Hall–Kier alpha value is -1.27. The molecule has 5 nitrogen and oxygen atoms in total. The van der Waals surface area contributed by atoms with Crippen LogP contribution in [-0.4, -0.2) is 40.3 Å². The van der Waals surface area contributed by atoms with Gasteiger partial charge in [-0.3, -0.25) is 0 Å². The van der Waals surface area contributed by atoms with E-state index < -0.39 is 0 Å². The zero-order chi connectivity index (χ0) is 12.7. The second-order valence-electron chi connectivity index (χ2n) is 3.80. The molecule has 0 saturated carbocycles. The minimum Gasteiger partial charge on any atom is -0.396 e. The molecule has 0 radical (unpaired) electrons. The molecule has 94 valence electrons. The fourth-order valence-electron chi connectivity index (χ4n) is 1.53. The second kappa shape index (κ2) is 7.13. The number of unbranched alkanes of at least 4 members (excludes halogenated alkanes) is 2. The second-order valence-corrected chi connectivity index (χ2v) is 4.24. The number of aliphatic hydroxyl groups is 1. The summed E-state index contributed by atoms with van der Waals surface area (Å²) in [6, 6.07) is 0. The molecule has 0 saturated heterocycles. The van der Waals surface area contributed by atoms with Crippen molar-refractivity contribution in [2.75, 3.05) is 25.1 Å². The molecular formula is C11H18N4OS. The molecular weight excluding hydrogens is 236 g/mol. The summed E-state index contributed by atoms with van der Waals surface area (Å²) in [5.74, 6) is 0.712. The quantitative estimate of drug-likeness (QED) is 0.551. The minimum atomic E-state index is 0.243. The number of nitrogens with zero attached hydrogens (tertiary/aromatic N) is 3. The van der Waals surface area contributed by atoms with E-state index >= 15 is 0 Å². The Kier molecular flexibility index (Phi) is 5.79. The fraction of sp³-hybridized carbons (Fsp3) is 0.545. The van der Waals surface area contributed by atoms with Crippen LogP contribution < -0.4 is 10.6 Å². The lowest BCUT2D eigenvalue weighted by Crippen LogP contribution is -2.25. The number of anilines is 1. The van der Waals surface area contributed by atoms with E-state index in [9.17, 15) is 0 Å². The third-order valence-electron chi connectivity index (χ3n) is 2.43. The molecule has 6 heteroatoms. The monoisotopic (exact) mass is 254 g/mol. The van der Waals surface area contributed by atoms with Crippen molar-refractivity contribution >= 4 is 23.0 Å². The van der Waals surface area contributed by atoms with E-state index in [1.54, 1.807) is 12.4 Å². The van der Waals surface area contributed by atoms with Crippen molar-refractivity contribution in [3.05, 3.63) is 18.1 Å². The van der Waals surface area contributed by atoms with Crippen molar-refractivity contribution in [1.82, 2.24) is 9.97 Å². The number of hydrogen-bond acceptors (Lipinski definition) is 5. The zero-order valence-electron chi connectivity index (χ0n) is 9.96. The summed E-state index contributed by atoms with van der Waals surface area (Å²) in [5.41, 5.74) is 6.16. The van der Waals surface area contributed by atoms with E-state index in [4.69, 9.17) is 23.1 Å². The molecule has 0 amide bonds. The topological polar surface area (TPSA) is 75.3 Å². The van der Waals surface area contributed by atoms with Crippen molar-refractivity contribution < 1.29 is 5.11 Å². The third-order valence-corrected chi connectivity index (χ3v) is 2.62. The SMILES string of the molecule is CN(CCCCCO)c1nccnc1C(N)=S. The minimum absolute atomic E-state index is 0.243. The molecule has 1 aromatic rings. The van der Waals surface area contributed by atoms with E-state index in [0.29, 0.717) is 11.5 Å². The molecule has 0 bridgehead atoms. The first-order chi connectivity index (χ1) is 8.16. The summed E-state index contributed by atoms with van der Waals surface area (Å²) < 4.78 is 0. The molecule has 0 fully saturated rings. The van der Waals surface area contributed by atoms with Gasteiger partial charge < -0.3 is 15.7 Å². The van der Waals surface area contributed by atoms with Gasteiger partial charge in [0, 0.05) is 32.6 Å². The lowest BCUT2D eigenvalue weighted by atomic mass is 10.2. The van der Waals surface area contributed by atoms with Gasteiger partial charge in [-0.2, -0.15) is 0 Å². The highest BCUT2D eigenvalue weighted by atomic mass is 32.1. The van der Waals surface area contributed by atoms with Gasteiger partial charge >= 0.3 is 0 Å². The van der Waals surface area contributed by atoms with Crippen LogP contribution in [-0.2, 0) is 0 Å². The summed E-state index contributed by atoms with van der Waals surface area (Å²) >= 11 is 4.94. The maximum atomic E-state index is 8.70. The molecule has 1 heterocycles. The lowest BCUT2D eigenvalue weighted by molar-refractivity contribution is 0.283. The van der Waals surface area contributed by atoms with E-state index in [2.05, 4.69) is 9.97 Å². The molecule has 1 aromatic heterocycles. The highest BCUT2D eigenvalue weighted by molar-refractivity contribution is 7.80. The smallest absolute Gasteiger partial charge is 0.157 e. The molecule has 0 aliphatic rings. The molecule has 0 spiro atoms. The lowest BCUT2D eigenvalue weighted by Gasteiger charge is -2.19. The first kappa shape index (κ1) is 13.8. The van der Waals surface area contributed by atoms with Crippen LogP contribution in [0.15, 0.2) is 12.4 Å². The summed E-state index contributed by atoms with van der Waals surface area (Å²) in [6.45, 7) is 1.08. The van der Waals surface area contributed by atoms with Crippen molar-refractivity contribution in [2.45, 2.75) is 19.3 Å². The Morgan fingerprint density at radius 2 is 2.06 bits per heavy atom. The van der Waals surface area contributed by atoms with Gasteiger partial charge in [0.15, 0.2) is 5.82 Å². The number of nitrogens with two attached hydrogens (primary N) is 1. The van der Waals surface area contributed by atoms with Gasteiger partial charge in [-0.15, -0.1) is 0 Å². The summed E-state index contributed by atoms with van der Waals surface area (Å²) in [4.78, 5) is 10.6. The Morgan fingerprint density at radius 1 is 1.35 bits per heavy atom. The molecule has 0 aromatic carbocycles. The van der Waals surface area contributed by atoms with E-state index in [-0.39, 0.29) is 11.6 Å². The van der Waals surface area contributed by atoms with Crippen molar-refractivity contribution in [1.29, 1.82) is 0 Å². The first-order valence-electron chi connectivity index (χ1n) is 5.59. The van der Waals surface area contributed by atoms with Crippen LogP contribution in [0.25, 0.3) is 0 Å². The van der Waals surface area contributed by atoms with Crippen LogP contribution in [0.1, 0.15) is 25.0 Å². The molecule has 0 atom stereocenters. The largest absolute Gasteiger partial charge is 0.396 e. The maximum absolute atomic E-state index is 8.70. The number of aromatic nitrogens is 2. The first-order valence-corrected chi connectivity index (χ1v) is 6.00. The summed E-state index contributed by atoms with van der Waals surface area (Å²) in [5, 5.41) is 8.70. The number of rotatable bonds is 7. The summed E-state index contributed by atoms with van der Waals surface area (Å²) in [6.07, 6.45) is 6.02. The standard InChI is InChI=1S/C11H18N4OS/c1-15(7-3-2-4-8-16)11-9(10(12)17)13-5-6-14-11/h5-6,16H,2-4,7-8H2,1H3,(H2,12,17). The highest BCUT2D eigenvalue weighted by Crippen LogP contribution is 2.13. The Labute approximate surface area is 107 Å². The van der Waals surface area contributed by atoms with Gasteiger partial charge in [0.1, 0.15) is 10.7 Å². The maximum Gasteiger partial charge on any atom is 0.157 e. The van der Waals surface area contributed by atoms with Crippen molar-refractivity contribution in [3.8, 4) is 0 Å². The zero-order valence-corrected chi connectivity index (χ0v) is 10.8. The molecule has 0 unspecified atom stereocenters. The van der Waals surface area contributed by atoms with Crippen LogP contribution in [0.3, 0.4) is 0 Å². The predicted molar refractivity (Wildman–Crippen MR) is 72.1 cm³/mol. The molecule has 0 aliphatic heterocycles. The molecule has 3 N–H and O–H groups in total. The average Bonchev–Trinajstić information content (AvgIpc) is 2.34. The number of thiocarbonyl (C=S) groups is 1. The average molecular weight is 254 g/mol. The van der Waals surface area contributed by atoms with Crippen molar-refractivity contribution in [3.63, 3.8) is 0 Å². The normalized spacial score (nSPS) is 10.2. The Morgan fingerprint density at radius 3 is 2.71 bits per heavy atom. The van der Waals surface area contributed by atoms with E-state index in [0.717, 1.165) is 25.8 Å². The molecule has 17 heavy (non-hydrogen) atoms. The number of aliphatic hydroxyl groups excluding tert-OH is 1. The van der Waals surface area contributed by atoms with Gasteiger partial charge in [-0.05, 0) is 19.3 Å². The van der Waals surface area contributed by atoms with Gasteiger partial charge in [0.05, 0.1) is 0 Å². The van der Waals surface area contributed by atoms with E-state index in [1.165, 1.54) is 0 Å². The van der Waals surface area contributed by atoms with Gasteiger partial charge in [0.25, 0.3) is 0 Å². The van der Waals surface area contributed by atoms with Crippen LogP contribution >= 0.6 is 12.2 Å². The fourth-order valence-corrected chi connectivity index (χ4v) is 1.67. The van der Waals surface area contributed by atoms with Crippen LogP contribution in [0, 0.1) is 0 Å². The Balaban J connectivity index is 2.62.